The number of halogens is 1. The molecule has 0 saturated carbocycles. The number of aryl methyl sites for hydroxylation is 1. The van der Waals surface area contributed by atoms with Crippen LogP contribution in [0.25, 0.3) is 5.69 Å². The van der Waals surface area contributed by atoms with Crippen LogP contribution in [0.2, 0.25) is 0 Å². The molecule has 90 valence electrons. The summed E-state index contributed by atoms with van der Waals surface area (Å²) in [6.45, 7) is 4.07. The Labute approximate surface area is 106 Å². The van der Waals surface area contributed by atoms with Gasteiger partial charge < -0.3 is 0 Å². The first-order chi connectivity index (χ1) is 8.20. The van der Waals surface area contributed by atoms with Gasteiger partial charge in [-0.3, -0.25) is 0 Å². The summed E-state index contributed by atoms with van der Waals surface area (Å²) in [5.74, 6) is 0. The van der Waals surface area contributed by atoms with E-state index in [2.05, 4.69) is 41.5 Å². The van der Waals surface area contributed by atoms with Gasteiger partial charge in [0.15, 0.2) is 0 Å². The van der Waals surface area contributed by atoms with Gasteiger partial charge in [0.1, 0.15) is 5.69 Å². The zero-order chi connectivity index (χ0) is 12.3. The SMILES string of the molecule is CCCc1ccc(-n2cc(C(C)Cl)nn2)cc1. The number of hydrogen-bond donors (Lipinski definition) is 0. The van der Waals surface area contributed by atoms with Crippen molar-refractivity contribution in [2.45, 2.75) is 32.1 Å². The maximum atomic E-state index is 5.95. The van der Waals surface area contributed by atoms with Crippen molar-refractivity contribution in [3.8, 4) is 5.69 Å². The number of rotatable bonds is 4. The van der Waals surface area contributed by atoms with E-state index in [1.165, 1.54) is 5.56 Å². The minimum absolute atomic E-state index is 0.108. The van der Waals surface area contributed by atoms with E-state index in [1.807, 2.05) is 13.1 Å². The topological polar surface area (TPSA) is 30.7 Å². The second kappa shape index (κ2) is 5.32. The first-order valence-corrected chi connectivity index (χ1v) is 6.30. The Morgan fingerprint density at radius 2 is 2.00 bits per heavy atom. The molecule has 0 amide bonds. The van der Waals surface area contributed by atoms with E-state index in [-0.39, 0.29) is 5.38 Å². The number of aromatic nitrogens is 3. The minimum Gasteiger partial charge on any atom is -0.220 e. The summed E-state index contributed by atoms with van der Waals surface area (Å²) in [5, 5.41) is 7.99. The third-order valence-corrected chi connectivity index (χ3v) is 2.88. The summed E-state index contributed by atoms with van der Waals surface area (Å²) in [7, 11) is 0. The first-order valence-electron chi connectivity index (χ1n) is 5.86. The molecule has 1 heterocycles. The maximum Gasteiger partial charge on any atom is 0.101 e. The molecule has 0 aliphatic rings. The van der Waals surface area contributed by atoms with Gasteiger partial charge in [-0.15, -0.1) is 16.7 Å². The Balaban J connectivity index is 2.21. The molecule has 3 nitrogen and oxygen atoms in total. The number of benzene rings is 1. The van der Waals surface area contributed by atoms with Crippen molar-refractivity contribution >= 4 is 11.6 Å². The molecule has 0 spiro atoms. The van der Waals surface area contributed by atoms with E-state index in [9.17, 15) is 0 Å². The van der Waals surface area contributed by atoms with Gasteiger partial charge >= 0.3 is 0 Å². The van der Waals surface area contributed by atoms with Crippen molar-refractivity contribution in [1.29, 1.82) is 0 Å². The van der Waals surface area contributed by atoms with Crippen LogP contribution in [-0.2, 0) is 6.42 Å². The predicted octanol–water partition coefficient (Wildman–Crippen LogP) is 3.52. The van der Waals surface area contributed by atoms with Crippen LogP contribution < -0.4 is 0 Å². The lowest BCUT2D eigenvalue weighted by molar-refractivity contribution is 0.795. The van der Waals surface area contributed by atoms with Crippen molar-refractivity contribution in [3.63, 3.8) is 0 Å². The number of hydrogen-bond acceptors (Lipinski definition) is 2. The van der Waals surface area contributed by atoms with Gasteiger partial charge in [0, 0.05) is 0 Å². The Morgan fingerprint density at radius 3 is 2.53 bits per heavy atom. The Hall–Kier alpha value is -1.35. The Kier molecular flexibility index (Phi) is 3.79. The summed E-state index contributed by atoms with van der Waals surface area (Å²) in [6, 6.07) is 8.37. The van der Waals surface area contributed by atoms with Gasteiger partial charge in [-0.05, 0) is 31.0 Å². The van der Waals surface area contributed by atoms with Gasteiger partial charge in [0.2, 0.25) is 0 Å². The summed E-state index contributed by atoms with van der Waals surface area (Å²) >= 11 is 5.95. The third kappa shape index (κ3) is 2.86. The van der Waals surface area contributed by atoms with E-state index in [4.69, 9.17) is 11.6 Å². The monoisotopic (exact) mass is 249 g/mol. The zero-order valence-corrected chi connectivity index (χ0v) is 10.9. The van der Waals surface area contributed by atoms with Crippen LogP contribution in [0.15, 0.2) is 30.5 Å². The quantitative estimate of drug-likeness (QED) is 0.777. The fraction of sp³-hybridized carbons (Fsp3) is 0.385. The van der Waals surface area contributed by atoms with Crippen molar-refractivity contribution in [2.75, 3.05) is 0 Å². The highest BCUT2D eigenvalue weighted by molar-refractivity contribution is 6.20. The van der Waals surface area contributed by atoms with Crippen LogP contribution in [0.5, 0.6) is 0 Å². The van der Waals surface area contributed by atoms with Crippen molar-refractivity contribution in [3.05, 3.63) is 41.7 Å². The zero-order valence-electron chi connectivity index (χ0n) is 10.1. The second-order valence-electron chi connectivity index (χ2n) is 4.12. The molecule has 1 unspecified atom stereocenters. The largest absolute Gasteiger partial charge is 0.220 e. The van der Waals surface area contributed by atoms with E-state index < -0.39 is 0 Å². The van der Waals surface area contributed by atoms with Crippen molar-refractivity contribution in [2.24, 2.45) is 0 Å². The standard InChI is InChI=1S/C13H16ClN3/c1-3-4-11-5-7-12(8-6-11)17-9-13(10(2)14)15-16-17/h5-10H,3-4H2,1-2H3. The van der Waals surface area contributed by atoms with Crippen LogP contribution in [0, 0.1) is 0 Å². The van der Waals surface area contributed by atoms with Crippen molar-refractivity contribution < 1.29 is 0 Å². The average Bonchev–Trinajstić information content (AvgIpc) is 2.80. The van der Waals surface area contributed by atoms with Crippen LogP contribution in [0.3, 0.4) is 0 Å². The third-order valence-electron chi connectivity index (χ3n) is 2.66. The lowest BCUT2D eigenvalue weighted by atomic mass is 10.1. The molecule has 0 saturated heterocycles. The van der Waals surface area contributed by atoms with Gasteiger partial charge in [-0.25, -0.2) is 4.68 Å². The molecule has 4 heteroatoms. The van der Waals surface area contributed by atoms with Crippen molar-refractivity contribution in [1.82, 2.24) is 15.0 Å². The molecule has 1 atom stereocenters. The fourth-order valence-corrected chi connectivity index (χ4v) is 1.79. The molecule has 0 fully saturated rings. The lowest BCUT2D eigenvalue weighted by Crippen LogP contribution is -1.95. The molecule has 1 aromatic heterocycles. The molecule has 17 heavy (non-hydrogen) atoms. The lowest BCUT2D eigenvalue weighted by Gasteiger charge is -2.02. The molecule has 0 aliphatic carbocycles. The molecule has 0 radical (unpaired) electrons. The van der Waals surface area contributed by atoms with E-state index >= 15 is 0 Å². The van der Waals surface area contributed by atoms with E-state index in [0.717, 1.165) is 24.2 Å². The van der Waals surface area contributed by atoms with Crippen LogP contribution in [-0.4, -0.2) is 15.0 Å². The van der Waals surface area contributed by atoms with Gasteiger partial charge in [-0.1, -0.05) is 30.7 Å². The number of alkyl halides is 1. The molecule has 2 aromatic rings. The second-order valence-corrected chi connectivity index (χ2v) is 4.78. The van der Waals surface area contributed by atoms with Gasteiger partial charge in [0.05, 0.1) is 17.3 Å². The highest BCUT2D eigenvalue weighted by atomic mass is 35.5. The smallest absolute Gasteiger partial charge is 0.101 e. The number of nitrogens with zero attached hydrogens (tertiary/aromatic N) is 3. The molecule has 0 aliphatic heterocycles. The van der Waals surface area contributed by atoms with E-state index in [1.54, 1.807) is 4.68 Å². The highest BCUT2D eigenvalue weighted by Crippen LogP contribution is 2.17. The molecule has 2 rings (SSSR count). The summed E-state index contributed by atoms with van der Waals surface area (Å²) in [5.41, 5.74) is 3.16. The molecule has 0 N–H and O–H groups in total. The Bertz CT molecular complexity index is 474. The summed E-state index contributed by atoms with van der Waals surface area (Å²) in [6.07, 6.45) is 4.14. The molecule has 0 bridgehead atoms. The normalized spacial score (nSPS) is 12.6. The maximum absolute atomic E-state index is 5.95. The summed E-state index contributed by atoms with van der Waals surface area (Å²) in [4.78, 5) is 0. The highest BCUT2D eigenvalue weighted by Gasteiger charge is 2.07. The molecule has 1 aromatic carbocycles. The Morgan fingerprint density at radius 1 is 1.29 bits per heavy atom. The first kappa shape index (κ1) is 12.1. The summed E-state index contributed by atoms with van der Waals surface area (Å²) < 4.78 is 1.75. The van der Waals surface area contributed by atoms with E-state index in [0.29, 0.717) is 0 Å². The van der Waals surface area contributed by atoms with Crippen LogP contribution in [0.4, 0.5) is 0 Å². The predicted molar refractivity (Wildman–Crippen MR) is 69.6 cm³/mol. The molecular formula is C13H16ClN3. The van der Waals surface area contributed by atoms with Gasteiger partial charge in [0.25, 0.3) is 0 Å². The van der Waals surface area contributed by atoms with Crippen LogP contribution >= 0.6 is 11.6 Å². The molecular weight excluding hydrogens is 234 g/mol. The minimum atomic E-state index is -0.108. The fourth-order valence-electron chi connectivity index (χ4n) is 1.69. The average molecular weight is 250 g/mol. The van der Waals surface area contributed by atoms with Crippen LogP contribution in [0.1, 0.15) is 36.9 Å². The van der Waals surface area contributed by atoms with Gasteiger partial charge in [-0.2, -0.15) is 0 Å².